The van der Waals surface area contributed by atoms with Crippen LogP contribution in [0.5, 0.6) is 17.2 Å². The maximum atomic E-state index is 12.6. The lowest BCUT2D eigenvalue weighted by Crippen LogP contribution is -2.23. The molecule has 3 rings (SSSR count). The summed E-state index contributed by atoms with van der Waals surface area (Å²) in [4.78, 5) is 12.6. The van der Waals surface area contributed by atoms with Crippen LogP contribution < -0.4 is 24.8 Å². The zero-order chi connectivity index (χ0) is 24.0. The molecule has 0 aromatic heterocycles. The number of rotatable bonds is 14. The Morgan fingerprint density at radius 1 is 0.765 bits per heavy atom. The van der Waals surface area contributed by atoms with Crippen LogP contribution in [0.2, 0.25) is 0 Å². The van der Waals surface area contributed by atoms with Gasteiger partial charge < -0.3 is 24.8 Å². The minimum Gasteiger partial charge on any atom is -0.492 e. The van der Waals surface area contributed by atoms with Gasteiger partial charge in [-0.3, -0.25) is 4.79 Å². The highest BCUT2D eigenvalue weighted by atomic mass is 16.5. The Hall–Kier alpha value is -3.51. The van der Waals surface area contributed by atoms with Crippen LogP contribution in [0.4, 0.5) is 0 Å². The molecule has 2 N–H and O–H groups in total. The summed E-state index contributed by atoms with van der Waals surface area (Å²) in [5, 5.41) is 6.35. The predicted molar refractivity (Wildman–Crippen MR) is 135 cm³/mol. The van der Waals surface area contributed by atoms with Crippen LogP contribution in [-0.2, 0) is 13.0 Å². The fourth-order valence-electron chi connectivity index (χ4n) is 3.42. The maximum Gasteiger partial charge on any atom is 0.251 e. The van der Waals surface area contributed by atoms with E-state index in [0.717, 1.165) is 30.8 Å². The van der Waals surface area contributed by atoms with E-state index in [0.29, 0.717) is 43.4 Å². The van der Waals surface area contributed by atoms with Gasteiger partial charge in [0.2, 0.25) is 0 Å². The summed E-state index contributed by atoms with van der Waals surface area (Å²) in [6.07, 6.45) is 1.00. The molecule has 0 aliphatic rings. The lowest BCUT2D eigenvalue weighted by Gasteiger charge is -2.13. The molecule has 6 nitrogen and oxygen atoms in total. The summed E-state index contributed by atoms with van der Waals surface area (Å²) >= 11 is 0. The second-order valence-corrected chi connectivity index (χ2v) is 7.69. The number of amides is 1. The highest BCUT2D eigenvalue weighted by molar-refractivity contribution is 5.94. The van der Waals surface area contributed by atoms with Crippen LogP contribution in [0.25, 0.3) is 0 Å². The Morgan fingerprint density at radius 3 is 2.24 bits per heavy atom. The third-order valence-corrected chi connectivity index (χ3v) is 5.16. The number of ether oxygens (including phenoxy) is 3. The number of hydrogen-bond donors (Lipinski definition) is 2. The van der Waals surface area contributed by atoms with Crippen LogP contribution >= 0.6 is 0 Å². The number of hydrogen-bond acceptors (Lipinski definition) is 5. The van der Waals surface area contributed by atoms with Crippen molar-refractivity contribution >= 4 is 5.91 Å². The maximum absolute atomic E-state index is 12.6. The van der Waals surface area contributed by atoms with Crippen molar-refractivity contribution in [1.82, 2.24) is 10.6 Å². The standard InChI is InChI=1S/C28H34N2O4/c1-3-32-26-15-12-24(20-27(26)33-4-2)28(31)30-21-23-10-13-25(14-11-23)34-19-18-29-17-16-22-8-6-5-7-9-22/h5-15,20,29H,3-4,16-19,21H2,1-2H3,(H,30,31). The van der Waals surface area contributed by atoms with Crippen LogP contribution in [0, 0.1) is 0 Å². The van der Waals surface area contributed by atoms with Crippen molar-refractivity contribution in [3.63, 3.8) is 0 Å². The molecule has 0 radical (unpaired) electrons. The molecule has 3 aromatic carbocycles. The Kier molecular flexibility index (Phi) is 10.3. The smallest absolute Gasteiger partial charge is 0.251 e. The topological polar surface area (TPSA) is 68.8 Å². The summed E-state index contributed by atoms with van der Waals surface area (Å²) in [6, 6.07) is 23.4. The van der Waals surface area contributed by atoms with Gasteiger partial charge in [-0.15, -0.1) is 0 Å². The number of nitrogens with one attached hydrogen (secondary N) is 2. The Morgan fingerprint density at radius 2 is 1.50 bits per heavy atom. The van der Waals surface area contributed by atoms with Crippen molar-refractivity contribution in [3.8, 4) is 17.2 Å². The van der Waals surface area contributed by atoms with Gasteiger partial charge in [-0.2, -0.15) is 0 Å². The third-order valence-electron chi connectivity index (χ3n) is 5.16. The molecule has 180 valence electrons. The molecule has 0 atom stereocenters. The SMILES string of the molecule is CCOc1ccc(C(=O)NCc2ccc(OCCNCCc3ccccc3)cc2)cc1OCC. The van der Waals surface area contributed by atoms with E-state index in [1.165, 1.54) is 5.56 Å². The van der Waals surface area contributed by atoms with E-state index < -0.39 is 0 Å². The van der Waals surface area contributed by atoms with Crippen molar-refractivity contribution in [2.45, 2.75) is 26.8 Å². The monoisotopic (exact) mass is 462 g/mol. The molecular weight excluding hydrogens is 428 g/mol. The second-order valence-electron chi connectivity index (χ2n) is 7.69. The van der Waals surface area contributed by atoms with Crippen LogP contribution in [-0.4, -0.2) is 38.8 Å². The van der Waals surface area contributed by atoms with Crippen molar-refractivity contribution < 1.29 is 19.0 Å². The molecule has 0 bridgehead atoms. The summed E-state index contributed by atoms with van der Waals surface area (Å²) in [6.45, 7) is 7.60. The first-order valence-electron chi connectivity index (χ1n) is 11.8. The fraction of sp³-hybridized carbons (Fsp3) is 0.321. The molecule has 0 heterocycles. The molecule has 0 unspecified atom stereocenters. The molecule has 0 aliphatic carbocycles. The summed E-state index contributed by atoms with van der Waals surface area (Å²) in [5.41, 5.74) is 2.86. The van der Waals surface area contributed by atoms with E-state index in [2.05, 4.69) is 34.9 Å². The second kappa shape index (κ2) is 13.9. The van der Waals surface area contributed by atoms with Crippen molar-refractivity contribution in [3.05, 3.63) is 89.5 Å². The van der Waals surface area contributed by atoms with E-state index in [1.54, 1.807) is 18.2 Å². The molecule has 34 heavy (non-hydrogen) atoms. The molecule has 0 aliphatic heterocycles. The molecule has 0 fully saturated rings. The van der Waals surface area contributed by atoms with Gasteiger partial charge in [-0.25, -0.2) is 0 Å². The van der Waals surface area contributed by atoms with Gasteiger partial charge >= 0.3 is 0 Å². The van der Waals surface area contributed by atoms with Gasteiger partial charge in [-0.05, 0) is 68.3 Å². The minimum absolute atomic E-state index is 0.161. The van der Waals surface area contributed by atoms with Gasteiger partial charge in [0.15, 0.2) is 11.5 Å². The summed E-state index contributed by atoms with van der Waals surface area (Å²) < 4.78 is 17.0. The number of carbonyl (C=O) groups is 1. The lowest BCUT2D eigenvalue weighted by molar-refractivity contribution is 0.0950. The Balaban J connectivity index is 1.38. The fourth-order valence-corrected chi connectivity index (χ4v) is 3.42. The Labute approximate surface area is 202 Å². The van der Waals surface area contributed by atoms with E-state index in [9.17, 15) is 4.79 Å². The molecule has 0 saturated carbocycles. The predicted octanol–water partition coefficient (Wildman–Crippen LogP) is 4.63. The molecule has 1 amide bonds. The first-order valence-corrected chi connectivity index (χ1v) is 11.8. The normalized spacial score (nSPS) is 10.5. The largest absolute Gasteiger partial charge is 0.492 e. The average Bonchev–Trinajstić information content (AvgIpc) is 2.87. The van der Waals surface area contributed by atoms with Gasteiger partial charge in [0.1, 0.15) is 12.4 Å². The van der Waals surface area contributed by atoms with E-state index in [1.807, 2.05) is 44.2 Å². The first kappa shape index (κ1) is 25.1. The van der Waals surface area contributed by atoms with E-state index >= 15 is 0 Å². The van der Waals surface area contributed by atoms with Gasteiger partial charge in [0, 0.05) is 18.7 Å². The molecular formula is C28H34N2O4. The number of carbonyl (C=O) groups excluding carboxylic acids is 1. The summed E-state index contributed by atoms with van der Waals surface area (Å²) in [7, 11) is 0. The first-order chi connectivity index (χ1) is 16.7. The molecule has 0 spiro atoms. The van der Waals surface area contributed by atoms with Crippen molar-refractivity contribution in [1.29, 1.82) is 0 Å². The Bertz CT molecular complexity index is 1010. The van der Waals surface area contributed by atoms with E-state index in [4.69, 9.17) is 14.2 Å². The average molecular weight is 463 g/mol. The zero-order valence-corrected chi connectivity index (χ0v) is 20.0. The van der Waals surface area contributed by atoms with Gasteiger partial charge in [-0.1, -0.05) is 42.5 Å². The van der Waals surface area contributed by atoms with Crippen LogP contribution in [0.1, 0.15) is 35.3 Å². The summed E-state index contributed by atoms with van der Waals surface area (Å²) in [5.74, 6) is 1.87. The minimum atomic E-state index is -0.161. The van der Waals surface area contributed by atoms with Gasteiger partial charge in [0.05, 0.1) is 13.2 Å². The lowest BCUT2D eigenvalue weighted by atomic mass is 10.1. The van der Waals surface area contributed by atoms with Crippen LogP contribution in [0.15, 0.2) is 72.8 Å². The van der Waals surface area contributed by atoms with Crippen molar-refractivity contribution in [2.24, 2.45) is 0 Å². The third kappa shape index (κ3) is 8.12. The molecule has 3 aromatic rings. The molecule has 0 saturated heterocycles. The highest BCUT2D eigenvalue weighted by Crippen LogP contribution is 2.28. The van der Waals surface area contributed by atoms with Crippen molar-refractivity contribution in [2.75, 3.05) is 32.9 Å². The zero-order valence-electron chi connectivity index (χ0n) is 20.0. The number of benzene rings is 3. The van der Waals surface area contributed by atoms with Crippen LogP contribution in [0.3, 0.4) is 0 Å². The quantitative estimate of drug-likeness (QED) is 0.342. The van der Waals surface area contributed by atoms with E-state index in [-0.39, 0.29) is 5.91 Å². The van der Waals surface area contributed by atoms with Gasteiger partial charge in [0.25, 0.3) is 5.91 Å². The molecule has 6 heteroatoms. The highest BCUT2D eigenvalue weighted by Gasteiger charge is 2.11.